The number of hydrogen-bond donors (Lipinski definition) is 2. The number of hydrogen-bond acceptors (Lipinski definition) is 8. The number of esters is 1. The molecule has 0 aliphatic heterocycles. The van der Waals surface area contributed by atoms with Crippen LogP contribution in [0.1, 0.15) is 39.8 Å². The highest BCUT2D eigenvalue weighted by Crippen LogP contribution is 2.32. The van der Waals surface area contributed by atoms with Crippen molar-refractivity contribution in [3.63, 3.8) is 0 Å². The lowest BCUT2D eigenvalue weighted by molar-refractivity contribution is 0.0588. The molecule has 3 aromatic rings. The molecule has 9 nitrogen and oxygen atoms in total. The average molecular weight is 441 g/mol. The first-order chi connectivity index (χ1) is 15.3. The first-order valence-electron chi connectivity index (χ1n) is 9.77. The zero-order chi connectivity index (χ0) is 23.3. The number of benzene rings is 2. The number of aromatic nitrogens is 1. The van der Waals surface area contributed by atoms with Crippen LogP contribution in [-0.2, 0) is 11.2 Å². The molecule has 1 heterocycles. The third kappa shape index (κ3) is 4.83. The number of aryl methyl sites for hydroxylation is 1. The number of rotatable bonds is 9. The molecule has 2 aromatic carbocycles. The Morgan fingerprint density at radius 3 is 2.62 bits per heavy atom. The van der Waals surface area contributed by atoms with Gasteiger partial charge in [0.25, 0.3) is 0 Å². The van der Waals surface area contributed by atoms with Gasteiger partial charge in [0.15, 0.2) is 5.69 Å². The average Bonchev–Trinajstić information content (AvgIpc) is 3.27. The highest BCUT2D eigenvalue weighted by Gasteiger charge is 2.21. The van der Waals surface area contributed by atoms with E-state index in [9.17, 15) is 19.8 Å². The number of phenols is 1. The Morgan fingerprint density at radius 1 is 1.16 bits per heavy atom. The van der Waals surface area contributed by atoms with E-state index >= 15 is 0 Å². The van der Waals surface area contributed by atoms with Gasteiger partial charge < -0.3 is 28.9 Å². The summed E-state index contributed by atoms with van der Waals surface area (Å²) < 4.78 is 20.9. The van der Waals surface area contributed by atoms with E-state index in [1.807, 2.05) is 13.0 Å². The number of ether oxygens (including phenoxy) is 3. The lowest BCUT2D eigenvalue weighted by Gasteiger charge is -2.18. The lowest BCUT2D eigenvalue weighted by Crippen LogP contribution is -2.16. The Balaban J connectivity index is 1.78. The fraction of sp³-hybridized carbons (Fsp3) is 0.261. The van der Waals surface area contributed by atoms with Gasteiger partial charge in [0.1, 0.15) is 29.1 Å². The Morgan fingerprint density at radius 2 is 1.94 bits per heavy atom. The summed E-state index contributed by atoms with van der Waals surface area (Å²) in [5, 5.41) is 22.8. The van der Waals surface area contributed by atoms with Crippen LogP contribution < -0.4 is 9.47 Å². The largest absolute Gasteiger partial charge is 0.507 e. The van der Waals surface area contributed by atoms with Crippen molar-refractivity contribution in [3.8, 4) is 28.4 Å². The first kappa shape index (κ1) is 22.7. The maximum absolute atomic E-state index is 12.0. The molecule has 0 radical (unpaired) electrons. The Labute approximate surface area is 184 Å². The number of nitrogens with zero attached hydrogens (tertiary/aromatic N) is 1. The molecule has 3 rings (SSSR count). The van der Waals surface area contributed by atoms with Crippen molar-refractivity contribution in [2.24, 2.45) is 0 Å². The van der Waals surface area contributed by atoms with Crippen molar-refractivity contribution >= 4 is 11.9 Å². The number of methoxy groups -OCH3 is 2. The fourth-order valence-electron chi connectivity index (χ4n) is 3.30. The van der Waals surface area contributed by atoms with E-state index in [2.05, 4.69) is 5.16 Å². The van der Waals surface area contributed by atoms with Crippen molar-refractivity contribution in [2.75, 3.05) is 14.2 Å². The highest BCUT2D eigenvalue weighted by atomic mass is 16.5. The third-order valence-electron chi connectivity index (χ3n) is 4.91. The van der Waals surface area contributed by atoms with Crippen LogP contribution in [0.25, 0.3) is 11.1 Å². The van der Waals surface area contributed by atoms with Gasteiger partial charge in [-0.3, -0.25) is 0 Å². The van der Waals surface area contributed by atoms with Crippen molar-refractivity contribution in [1.29, 1.82) is 0 Å². The predicted molar refractivity (Wildman–Crippen MR) is 113 cm³/mol. The first-order valence-corrected chi connectivity index (χ1v) is 9.77. The molecule has 1 aromatic heterocycles. The predicted octanol–water partition coefficient (Wildman–Crippen LogP) is 3.94. The second-order valence-electron chi connectivity index (χ2n) is 7.02. The molecule has 0 bridgehead atoms. The van der Waals surface area contributed by atoms with E-state index in [1.54, 1.807) is 31.4 Å². The van der Waals surface area contributed by atoms with Crippen LogP contribution in [0.3, 0.4) is 0 Å². The van der Waals surface area contributed by atoms with Crippen LogP contribution in [-0.4, -0.2) is 47.6 Å². The smallest absolute Gasteiger partial charge is 0.358 e. The number of phenolic OH excluding ortho intramolecular Hbond substituents is 1. The van der Waals surface area contributed by atoms with Gasteiger partial charge in [-0.25, -0.2) is 9.59 Å². The molecule has 1 unspecified atom stereocenters. The molecule has 32 heavy (non-hydrogen) atoms. The zero-order valence-corrected chi connectivity index (χ0v) is 17.8. The monoisotopic (exact) mass is 441 g/mol. The van der Waals surface area contributed by atoms with Crippen molar-refractivity contribution in [2.45, 2.75) is 25.9 Å². The van der Waals surface area contributed by atoms with Crippen molar-refractivity contribution in [3.05, 3.63) is 59.5 Å². The summed E-state index contributed by atoms with van der Waals surface area (Å²) in [5.41, 5.74) is 1.64. The minimum absolute atomic E-state index is 0.0323. The van der Waals surface area contributed by atoms with Crippen LogP contribution in [0.15, 0.2) is 47.2 Å². The van der Waals surface area contributed by atoms with Crippen LogP contribution in [0.4, 0.5) is 0 Å². The minimum atomic E-state index is -1.18. The van der Waals surface area contributed by atoms with Gasteiger partial charge in [-0.2, -0.15) is 0 Å². The normalized spacial score (nSPS) is 11.6. The molecule has 1 atom stereocenters. The number of carbonyl (C=O) groups excluding carboxylic acids is 1. The molecule has 0 fully saturated rings. The Bertz CT molecular complexity index is 1120. The number of carboxylic acids is 1. The van der Waals surface area contributed by atoms with Crippen LogP contribution in [0, 0.1) is 0 Å². The maximum Gasteiger partial charge on any atom is 0.358 e. The molecule has 2 N–H and O–H groups in total. The van der Waals surface area contributed by atoms with Crippen molar-refractivity contribution in [1.82, 2.24) is 5.16 Å². The van der Waals surface area contributed by atoms with Crippen LogP contribution >= 0.6 is 0 Å². The van der Waals surface area contributed by atoms with Gasteiger partial charge in [-0.05, 0) is 55.2 Å². The van der Waals surface area contributed by atoms with E-state index in [-0.39, 0.29) is 28.9 Å². The number of aromatic carboxylic acids is 1. The molecule has 0 saturated carbocycles. The maximum atomic E-state index is 12.0. The molecule has 9 heteroatoms. The van der Waals surface area contributed by atoms with Gasteiger partial charge in [-0.15, -0.1) is 0 Å². The number of carboxylic acid groups (broad SMARTS) is 1. The Kier molecular flexibility index (Phi) is 6.99. The second kappa shape index (κ2) is 9.86. The fourth-order valence-corrected chi connectivity index (χ4v) is 3.30. The number of aromatic hydroxyl groups is 1. The molecule has 168 valence electrons. The van der Waals surface area contributed by atoms with E-state index in [0.29, 0.717) is 29.7 Å². The number of carbonyl (C=O) groups is 2. The summed E-state index contributed by atoms with van der Waals surface area (Å²) in [4.78, 5) is 23.4. The van der Waals surface area contributed by atoms with Crippen LogP contribution in [0.2, 0.25) is 0 Å². The highest BCUT2D eigenvalue weighted by molar-refractivity contribution is 5.95. The SMILES string of the molecule is COC(=O)c1c(O)cccc1OC(C)CCc1cc(-c2conc2C(=O)O)ccc1OC. The van der Waals surface area contributed by atoms with Gasteiger partial charge in [0, 0.05) is 0 Å². The Hall–Kier alpha value is -4.01. The van der Waals surface area contributed by atoms with Gasteiger partial charge in [-0.1, -0.05) is 17.3 Å². The topological polar surface area (TPSA) is 128 Å². The molecule has 0 amide bonds. The summed E-state index contributed by atoms with van der Waals surface area (Å²) >= 11 is 0. The summed E-state index contributed by atoms with van der Waals surface area (Å²) in [6.45, 7) is 1.84. The quantitative estimate of drug-likeness (QED) is 0.474. The summed E-state index contributed by atoms with van der Waals surface area (Å²) in [6.07, 6.45) is 2.06. The van der Waals surface area contributed by atoms with Crippen LogP contribution in [0.5, 0.6) is 17.2 Å². The second-order valence-corrected chi connectivity index (χ2v) is 7.02. The van der Waals surface area contributed by atoms with Gasteiger partial charge >= 0.3 is 11.9 Å². The molecule has 0 aliphatic rings. The summed E-state index contributed by atoms with van der Waals surface area (Å²) in [7, 11) is 2.78. The van der Waals surface area contributed by atoms with E-state index < -0.39 is 11.9 Å². The summed E-state index contributed by atoms with van der Waals surface area (Å²) in [6, 6.07) is 9.85. The molecular formula is C23H23NO8. The minimum Gasteiger partial charge on any atom is -0.507 e. The van der Waals surface area contributed by atoms with Gasteiger partial charge in [0.2, 0.25) is 0 Å². The molecule has 0 saturated heterocycles. The zero-order valence-electron chi connectivity index (χ0n) is 17.8. The summed E-state index contributed by atoms with van der Waals surface area (Å²) in [5.74, 6) is -1.23. The molecule has 0 aliphatic carbocycles. The van der Waals surface area contributed by atoms with Gasteiger partial charge in [0.05, 0.1) is 25.9 Å². The molecule has 0 spiro atoms. The van der Waals surface area contributed by atoms with E-state index in [0.717, 1.165) is 5.56 Å². The molecular weight excluding hydrogens is 418 g/mol. The standard InChI is InChI=1S/C23H23NO8/c1-13(32-19-6-4-5-17(25)20(19)23(28)30-3)7-8-15-11-14(9-10-18(15)29-2)16-12-31-24-21(16)22(26)27/h4-6,9-13,25H,7-8H2,1-3H3,(H,26,27). The lowest BCUT2D eigenvalue weighted by atomic mass is 9.99. The van der Waals surface area contributed by atoms with E-state index in [1.165, 1.54) is 19.4 Å². The van der Waals surface area contributed by atoms with Crippen molar-refractivity contribution < 1.29 is 38.5 Å². The third-order valence-corrected chi connectivity index (χ3v) is 4.91. The van der Waals surface area contributed by atoms with E-state index in [4.69, 9.17) is 18.7 Å².